The molecule has 0 aromatic heterocycles. The molecule has 0 aromatic carbocycles. The van der Waals surface area contributed by atoms with Crippen LogP contribution in [0.25, 0.3) is 0 Å². The second-order valence-corrected chi connectivity index (χ2v) is 6.85. The minimum absolute atomic E-state index is 0.0442. The van der Waals surface area contributed by atoms with Crippen LogP contribution in [0.4, 0.5) is 0 Å². The molecule has 1 rings (SSSR count). The van der Waals surface area contributed by atoms with Crippen molar-refractivity contribution in [3.8, 4) is 0 Å². The zero-order chi connectivity index (χ0) is 14.7. The average molecular weight is 286 g/mol. The second-order valence-electron chi connectivity index (χ2n) is 5.46. The predicted molar refractivity (Wildman–Crippen MR) is 80.2 cm³/mol. The summed E-state index contributed by atoms with van der Waals surface area (Å²) < 4.78 is 0. The van der Waals surface area contributed by atoms with Crippen molar-refractivity contribution in [2.24, 2.45) is 0 Å². The third-order valence-corrected chi connectivity index (χ3v) is 4.99. The molecule has 0 saturated carbocycles. The van der Waals surface area contributed by atoms with Crippen LogP contribution >= 0.6 is 11.8 Å². The molecule has 0 unspecified atom stereocenters. The Kier molecular flexibility index (Phi) is 5.30. The lowest BCUT2D eigenvalue weighted by Gasteiger charge is -2.49. The summed E-state index contributed by atoms with van der Waals surface area (Å²) in [6.45, 7) is 10.3. The summed E-state index contributed by atoms with van der Waals surface area (Å²) in [6.07, 6.45) is 1.28. The number of carbonyl (C=O) groups is 2. The van der Waals surface area contributed by atoms with Crippen LogP contribution in [0.1, 0.15) is 47.5 Å². The zero-order valence-corrected chi connectivity index (χ0v) is 13.5. The molecule has 0 radical (unpaired) electrons. The van der Waals surface area contributed by atoms with Crippen LogP contribution in [-0.2, 0) is 9.59 Å². The van der Waals surface area contributed by atoms with Gasteiger partial charge in [0, 0.05) is 12.3 Å². The van der Waals surface area contributed by atoms with Gasteiger partial charge in [-0.25, -0.2) is 0 Å². The molecule has 19 heavy (non-hydrogen) atoms. The molecule has 0 aliphatic carbocycles. The Morgan fingerprint density at radius 3 is 2.21 bits per heavy atom. The topological polar surface area (TPSA) is 49.4 Å². The summed E-state index contributed by atoms with van der Waals surface area (Å²) in [7, 11) is 0. The Morgan fingerprint density at radius 1 is 1.16 bits per heavy atom. The molecule has 0 spiro atoms. The molecule has 1 N–H and O–H groups in total. The van der Waals surface area contributed by atoms with Crippen molar-refractivity contribution in [2.75, 3.05) is 18.1 Å². The van der Waals surface area contributed by atoms with Crippen LogP contribution in [0.15, 0.2) is 0 Å². The van der Waals surface area contributed by atoms with E-state index < -0.39 is 11.1 Å². The average Bonchev–Trinajstić information content (AvgIpc) is 2.38. The van der Waals surface area contributed by atoms with Gasteiger partial charge in [0.2, 0.25) is 11.8 Å². The van der Waals surface area contributed by atoms with Gasteiger partial charge >= 0.3 is 0 Å². The largest absolute Gasteiger partial charge is 0.340 e. The van der Waals surface area contributed by atoms with E-state index in [1.807, 2.05) is 27.7 Å². The van der Waals surface area contributed by atoms with Gasteiger partial charge in [0.25, 0.3) is 0 Å². The number of nitrogens with zero attached hydrogens (tertiary/aromatic N) is 1. The lowest BCUT2D eigenvalue weighted by atomic mass is 9.83. The lowest BCUT2D eigenvalue weighted by molar-refractivity contribution is -0.161. The molecule has 1 aliphatic heterocycles. The highest BCUT2D eigenvalue weighted by molar-refractivity contribution is 7.99. The molecule has 0 bridgehead atoms. The smallest absolute Gasteiger partial charge is 0.249 e. The van der Waals surface area contributed by atoms with E-state index in [0.717, 1.165) is 11.5 Å². The number of rotatable bonds is 6. The molecule has 110 valence electrons. The number of amides is 2. The van der Waals surface area contributed by atoms with E-state index in [1.165, 1.54) is 0 Å². The summed E-state index contributed by atoms with van der Waals surface area (Å²) in [6, 6.07) is 0. The molecule has 1 aliphatic rings. The predicted octanol–water partition coefficient (Wildman–Crippen LogP) is 2.04. The van der Waals surface area contributed by atoms with Crippen LogP contribution in [0, 0.1) is 0 Å². The fourth-order valence-electron chi connectivity index (χ4n) is 2.47. The standard InChI is InChI=1S/C14H26N2O2S/c1-6-14(7-2)12(18)16(9-10-19-8-3)13(4,5)11(17)15-14/h6-10H2,1-5H3,(H,15,17). The van der Waals surface area contributed by atoms with Gasteiger partial charge in [-0.05, 0) is 32.4 Å². The van der Waals surface area contributed by atoms with Gasteiger partial charge in [-0.2, -0.15) is 11.8 Å². The number of hydrogen-bond donors (Lipinski definition) is 1. The first-order valence-electron chi connectivity index (χ1n) is 7.08. The highest BCUT2D eigenvalue weighted by Gasteiger charge is 2.52. The van der Waals surface area contributed by atoms with Gasteiger partial charge in [-0.3, -0.25) is 9.59 Å². The Labute approximate surface area is 120 Å². The number of hydrogen-bond acceptors (Lipinski definition) is 3. The Balaban J connectivity index is 3.00. The molecule has 1 heterocycles. The van der Waals surface area contributed by atoms with Crippen LogP contribution < -0.4 is 5.32 Å². The molecule has 2 amide bonds. The van der Waals surface area contributed by atoms with Gasteiger partial charge in [0.05, 0.1) is 0 Å². The van der Waals surface area contributed by atoms with Crippen molar-refractivity contribution in [1.82, 2.24) is 10.2 Å². The Hall–Kier alpha value is -0.710. The second kappa shape index (κ2) is 6.16. The van der Waals surface area contributed by atoms with E-state index in [0.29, 0.717) is 19.4 Å². The van der Waals surface area contributed by atoms with Crippen molar-refractivity contribution in [2.45, 2.75) is 58.5 Å². The third kappa shape index (κ3) is 2.91. The fraction of sp³-hybridized carbons (Fsp3) is 0.857. The zero-order valence-electron chi connectivity index (χ0n) is 12.7. The minimum atomic E-state index is -0.751. The third-order valence-electron chi connectivity index (χ3n) is 4.11. The van der Waals surface area contributed by atoms with Crippen molar-refractivity contribution >= 4 is 23.6 Å². The number of carbonyl (C=O) groups excluding carboxylic acids is 2. The SMILES string of the molecule is CCSCCN1C(=O)C(CC)(CC)NC(=O)C1(C)C. The molecule has 4 nitrogen and oxygen atoms in total. The Bertz CT molecular complexity index is 351. The van der Waals surface area contributed by atoms with Gasteiger partial charge in [-0.1, -0.05) is 20.8 Å². The van der Waals surface area contributed by atoms with Crippen LogP contribution in [-0.4, -0.2) is 45.8 Å². The molecule has 1 fully saturated rings. The normalized spacial score (nSPS) is 21.4. The van der Waals surface area contributed by atoms with E-state index in [4.69, 9.17) is 0 Å². The molecule has 0 aromatic rings. The summed E-state index contributed by atoms with van der Waals surface area (Å²) in [5, 5.41) is 2.95. The molecule has 1 saturated heterocycles. The van der Waals surface area contributed by atoms with E-state index in [9.17, 15) is 9.59 Å². The molecule has 5 heteroatoms. The lowest BCUT2D eigenvalue weighted by Crippen LogP contribution is -2.74. The highest BCUT2D eigenvalue weighted by Crippen LogP contribution is 2.30. The molecular formula is C14H26N2O2S. The van der Waals surface area contributed by atoms with Gasteiger partial charge in [0.1, 0.15) is 11.1 Å². The highest BCUT2D eigenvalue weighted by atomic mass is 32.2. The fourth-order valence-corrected chi connectivity index (χ4v) is 3.07. The number of piperazine rings is 1. The maximum absolute atomic E-state index is 12.8. The van der Waals surface area contributed by atoms with Crippen LogP contribution in [0.3, 0.4) is 0 Å². The first kappa shape index (κ1) is 16.3. The van der Waals surface area contributed by atoms with Crippen LogP contribution in [0.2, 0.25) is 0 Å². The number of thioether (sulfide) groups is 1. The Morgan fingerprint density at radius 2 is 1.74 bits per heavy atom. The van der Waals surface area contributed by atoms with E-state index >= 15 is 0 Å². The number of nitrogens with one attached hydrogen (secondary N) is 1. The van der Waals surface area contributed by atoms with Crippen molar-refractivity contribution in [3.63, 3.8) is 0 Å². The van der Waals surface area contributed by atoms with Gasteiger partial charge < -0.3 is 10.2 Å². The molecular weight excluding hydrogens is 260 g/mol. The quantitative estimate of drug-likeness (QED) is 0.760. The van der Waals surface area contributed by atoms with Crippen molar-refractivity contribution in [1.29, 1.82) is 0 Å². The summed E-state index contributed by atoms with van der Waals surface area (Å²) >= 11 is 1.80. The maximum Gasteiger partial charge on any atom is 0.249 e. The van der Waals surface area contributed by atoms with E-state index in [2.05, 4.69) is 12.2 Å². The maximum atomic E-state index is 12.8. The summed E-state index contributed by atoms with van der Waals surface area (Å²) in [4.78, 5) is 26.9. The van der Waals surface area contributed by atoms with Crippen molar-refractivity contribution in [3.05, 3.63) is 0 Å². The first-order valence-corrected chi connectivity index (χ1v) is 8.23. The monoisotopic (exact) mass is 286 g/mol. The van der Waals surface area contributed by atoms with Gasteiger partial charge in [-0.15, -0.1) is 0 Å². The first-order chi connectivity index (χ1) is 8.85. The molecule has 0 atom stereocenters. The summed E-state index contributed by atoms with van der Waals surface area (Å²) in [5.74, 6) is 1.93. The van der Waals surface area contributed by atoms with E-state index in [-0.39, 0.29) is 11.8 Å². The van der Waals surface area contributed by atoms with E-state index in [1.54, 1.807) is 16.7 Å². The minimum Gasteiger partial charge on any atom is -0.340 e. The summed E-state index contributed by atoms with van der Waals surface area (Å²) in [5.41, 5.74) is -1.46. The van der Waals surface area contributed by atoms with Crippen LogP contribution in [0.5, 0.6) is 0 Å². The van der Waals surface area contributed by atoms with Crippen molar-refractivity contribution < 1.29 is 9.59 Å². The van der Waals surface area contributed by atoms with Gasteiger partial charge in [0.15, 0.2) is 0 Å².